The van der Waals surface area contributed by atoms with E-state index < -0.39 is 8.32 Å². The predicted octanol–water partition coefficient (Wildman–Crippen LogP) is 17.4. The van der Waals surface area contributed by atoms with Crippen LogP contribution >= 0.6 is 23.5 Å². The number of rotatable bonds is 49. The van der Waals surface area contributed by atoms with Gasteiger partial charge in [-0.15, -0.1) is 0 Å². The second-order valence-corrected chi connectivity index (χ2v) is 28.6. The molecule has 1 N–H and O–H groups in total. The average molecular weight is 1050 g/mol. The normalized spacial score (nSPS) is 13.3. The molecule has 6 nitrogen and oxygen atoms in total. The number of carbonyl (C=O) groups excluding carboxylic acids is 2. The summed E-state index contributed by atoms with van der Waals surface area (Å²) in [7, 11) is -2.56. The topological polar surface area (TPSA) is 73.9 Å². The van der Waals surface area contributed by atoms with Gasteiger partial charge in [0.15, 0.2) is 0 Å². The first-order valence-electron chi connectivity index (χ1n) is 30.1. The second kappa shape index (κ2) is 44.4. The Balaban J connectivity index is 2.07. The van der Waals surface area contributed by atoms with Crippen molar-refractivity contribution in [3.05, 3.63) is 60.7 Å². The van der Waals surface area contributed by atoms with Gasteiger partial charge in [0, 0.05) is 37.0 Å². The maximum absolute atomic E-state index is 13.1. The molecule has 414 valence electrons. The van der Waals surface area contributed by atoms with Gasteiger partial charge in [-0.2, -0.15) is 23.5 Å². The zero-order valence-electron chi connectivity index (χ0n) is 47.7. The van der Waals surface area contributed by atoms with E-state index in [2.05, 4.69) is 114 Å². The molecule has 0 aromatic heterocycles. The number of nitrogens with one attached hydrogen (secondary N) is 1. The smallest absolute Gasteiger partial charge is 0.306 e. The van der Waals surface area contributed by atoms with Crippen LogP contribution < -0.4 is 15.7 Å². The number of carbonyl (C=O) groups is 2. The summed E-state index contributed by atoms with van der Waals surface area (Å²) in [5, 5.41) is 6.67. The summed E-state index contributed by atoms with van der Waals surface area (Å²) < 4.78 is 19.7. The minimum atomic E-state index is -2.56. The third-order valence-electron chi connectivity index (χ3n) is 14.4. The SMILES string of the molecule is CCCCCCCCCC(=O)OC(CCCCC(CCCCC(CSCCCCC)OC(=O)CCCCCCCCC)NCCCCO[Si](c1ccccc1)(c1ccccc1)C(C)(C)C)CSCCCCC. The van der Waals surface area contributed by atoms with Crippen LogP contribution in [-0.4, -0.2) is 74.7 Å². The number of benzene rings is 2. The van der Waals surface area contributed by atoms with Crippen molar-refractivity contribution in [3.8, 4) is 0 Å². The fourth-order valence-electron chi connectivity index (χ4n) is 10.0. The Bertz CT molecular complexity index is 1450. The number of hydrogen-bond donors (Lipinski definition) is 1. The molecule has 0 aliphatic carbocycles. The lowest BCUT2D eigenvalue weighted by Crippen LogP contribution is -2.66. The van der Waals surface area contributed by atoms with Gasteiger partial charge in [-0.1, -0.05) is 225 Å². The van der Waals surface area contributed by atoms with Crippen molar-refractivity contribution in [2.24, 2.45) is 0 Å². The Hall–Kier alpha value is -1.78. The zero-order chi connectivity index (χ0) is 52.2. The molecular formula is C63H111NO5S2Si. The van der Waals surface area contributed by atoms with Gasteiger partial charge in [0.1, 0.15) is 12.2 Å². The monoisotopic (exact) mass is 1050 g/mol. The molecule has 0 saturated carbocycles. The molecule has 0 aliphatic heterocycles. The number of hydrogen-bond acceptors (Lipinski definition) is 8. The van der Waals surface area contributed by atoms with Crippen molar-refractivity contribution < 1.29 is 23.5 Å². The summed E-state index contributed by atoms with van der Waals surface area (Å²) in [5.41, 5.74) is 0. The van der Waals surface area contributed by atoms with Gasteiger partial charge in [0.25, 0.3) is 8.32 Å². The van der Waals surface area contributed by atoms with Crippen LogP contribution in [0.25, 0.3) is 0 Å². The van der Waals surface area contributed by atoms with Crippen LogP contribution in [0.2, 0.25) is 5.04 Å². The first kappa shape index (κ1) is 66.3. The van der Waals surface area contributed by atoms with Crippen molar-refractivity contribution in [1.29, 1.82) is 0 Å². The molecule has 0 fully saturated rings. The van der Waals surface area contributed by atoms with Gasteiger partial charge in [0.2, 0.25) is 0 Å². The molecule has 0 spiro atoms. The molecule has 0 heterocycles. The van der Waals surface area contributed by atoms with Gasteiger partial charge < -0.3 is 19.2 Å². The maximum atomic E-state index is 13.1. The zero-order valence-corrected chi connectivity index (χ0v) is 50.4. The van der Waals surface area contributed by atoms with Crippen LogP contribution in [0.1, 0.15) is 254 Å². The van der Waals surface area contributed by atoms with E-state index in [0.29, 0.717) is 18.9 Å². The first-order chi connectivity index (χ1) is 35.1. The van der Waals surface area contributed by atoms with E-state index in [1.54, 1.807) is 0 Å². The molecule has 9 heteroatoms. The highest BCUT2D eigenvalue weighted by Crippen LogP contribution is 2.37. The Kier molecular flexibility index (Phi) is 40.9. The van der Waals surface area contributed by atoms with Crippen LogP contribution in [0, 0.1) is 0 Å². The second-order valence-electron chi connectivity index (χ2n) is 22.0. The molecule has 2 aromatic rings. The van der Waals surface area contributed by atoms with Crippen molar-refractivity contribution in [2.75, 3.05) is 36.2 Å². The van der Waals surface area contributed by atoms with E-state index in [-0.39, 0.29) is 29.2 Å². The maximum Gasteiger partial charge on any atom is 0.306 e. The van der Waals surface area contributed by atoms with Crippen LogP contribution in [0.3, 0.4) is 0 Å². The lowest BCUT2D eigenvalue weighted by molar-refractivity contribution is -0.149. The van der Waals surface area contributed by atoms with Crippen molar-refractivity contribution in [1.82, 2.24) is 5.32 Å². The summed E-state index contributed by atoms with van der Waals surface area (Å²) in [6, 6.07) is 22.4. The number of thioether (sulfide) groups is 2. The summed E-state index contributed by atoms with van der Waals surface area (Å²) in [5.74, 6) is 4.11. The lowest BCUT2D eigenvalue weighted by atomic mass is 10.00. The molecule has 72 heavy (non-hydrogen) atoms. The summed E-state index contributed by atoms with van der Waals surface area (Å²) >= 11 is 3.94. The first-order valence-corrected chi connectivity index (χ1v) is 34.4. The highest BCUT2D eigenvalue weighted by Gasteiger charge is 2.50. The predicted molar refractivity (Wildman–Crippen MR) is 320 cm³/mol. The highest BCUT2D eigenvalue weighted by atomic mass is 32.2. The van der Waals surface area contributed by atoms with E-state index in [9.17, 15) is 9.59 Å². The number of ether oxygens (including phenoxy) is 2. The Morgan fingerprint density at radius 3 is 1.29 bits per heavy atom. The minimum absolute atomic E-state index is 0.000844. The number of unbranched alkanes of at least 4 members (excludes halogenated alkanes) is 19. The molecule has 2 aromatic carbocycles. The van der Waals surface area contributed by atoms with E-state index in [1.807, 2.05) is 23.5 Å². The summed E-state index contributed by atoms with van der Waals surface area (Å²) in [6.45, 7) is 17.8. The van der Waals surface area contributed by atoms with Gasteiger partial charge in [-0.25, -0.2) is 0 Å². The van der Waals surface area contributed by atoms with Crippen molar-refractivity contribution in [2.45, 2.75) is 277 Å². The quantitative estimate of drug-likeness (QED) is 0.0399. The highest BCUT2D eigenvalue weighted by molar-refractivity contribution is 7.99. The van der Waals surface area contributed by atoms with E-state index in [1.165, 1.54) is 113 Å². The molecule has 0 aliphatic rings. The van der Waals surface area contributed by atoms with Crippen molar-refractivity contribution >= 4 is 54.2 Å². The summed E-state index contributed by atoms with van der Waals surface area (Å²) in [4.78, 5) is 26.2. The fraction of sp³-hybridized carbons (Fsp3) is 0.778. The third-order valence-corrected chi connectivity index (χ3v) is 21.8. The Morgan fingerprint density at radius 1 is 0.486 bits per heavy atom. The molecule has 0 amide bonds. The van der Waals surface area contributed by atoms with Crippen LogP contribution in [0.5, 0.6) is 0 Å². The molecule has 2 atom stereocenters. The third kappa shape index (κ3) is 31.3. The van der Waals surface area contributed by atoms with Crippen LogP contribution in [0.4, 0.5) is 0 Å². The van der Waals surface area contributed by atoms with Gasteiger partial charge in [-0.3, -0.25) is 9.59 Å². The van der Waals surface area contributed by atoms with Gasteiger partial charge in [-0.05, 0) is 111 Å². The summed E-state index contributed by atoms with van der Waals surface area (Å²) in [6.07, 6.45) is 36.0. The number of esters is 2. The molecule has 0 radical (unpaired) electrons. The van der Waals surface area contributed by atoms with E-state index in [4.69, 9.17) is 13.9 Å². The van der Waals surface area contributed by atoms with Gasteiger partial charge >= 0.3 is 11.9 Å². The van der Waals surface area contributed by atoms with Crippen LogP contribution in [0.15, 0.2) is 60.7 Å². The Morgan fingerprint density at radius 2 is 0.875 bits per heavy atom. The van der Waals surface area contributed by atoms with Crippen LogP contribution in [-0.2, 0) is 23.5 Å². The van der Waals surface area contributed by atoms with Gasteiger partial charge in [0.05, 0.1) is 0 Å². The Labute approximate surface area is 454 Å². The lowest BCUT2D eigenvalue weighted by Gasteiger charge is -2.43. The molecular weight excluding hydrogens is 943 g/mol. The molecule has 2 unspecified atom stereocenters. The van der Waals surface area contributed by atoms with E-state index >= 15 is 0 Å². The molecule has 2 rings (SSSR count). The van der Waals surface area contributed by atoms with Crippen molar-refractivity contribution in [3.63, 3.8) is 0 Å². The minimum Gasteiger partial charge on any atom is -0.461 e. The fourth-order valence-corrected chi connectivity index (χ4v) is 16.8. The molecule has 0 saturated heterocycles. The standard InChI is InChI=1S/C63H111NO5S2Si/c1-8-12-16-18-20-22-30-48-61(65)68-57(54-70-52-38-14-10-3)42-34-32-40-56(41-33-35-43-58(55-71-53-39-15-11-4)69-62(66)49-31-23-21-19-17-13-9-2)64-50-36-37-51-67-72(63(5,6)7,59-44-26-24-27-45-59)60-46-28-25-29-47-60/h24-29,44-47,56-58,64H,8-23,30-43,48-55H2,1-7H3. The largest absolute Gasteiger partial charge is 0.461 e. The average Bonchev–Trinajstić information content (AvgIpc) is 3.37. The van der Waals surface area contributed by atoms with E-state index in [0.717, 1.165) is 126 Å². The molecule has 0 bridgehead atoms.